The third-order valence-corrected chi connectivity index (χ3v) is 2.08. The Hall–Kier alpha value is -2.41. The molecule has 0 radical (unpaired) electrons. The Bertz CT molecular complexity index is 543. The first-order chi connectivity index (χ1) is 7.79. The Morgan fingerprint density at radius 3 is 2.81 bits per heavy atom. The lowest BCUT2D eigenvalue weighted by molar-refractivity contribution is 1.16. The van der Waals surface area contributed by atoms with Crippen molar-refractivity contribution >= 4 is 11.5 Å². The molecule has 2 rings (SSSR count). The first-order valence-electron chi connectivity index (χ1n) is 4.84. The van der Waals surface area contributed by atoms with E-state index in [0.29, 0.717) is 11.5 Å². The van der Waals surface area contributed by atoms with Crippen LogP contribution in [0.25, 0.3) is 0 Å². The Morgan fingerprint density at radius 2 is 2.06 bits per heavy atom. The highest BCUT2D eigenvalue weighted by Crippen LogP contribution is 2.16. The van der Waals surface area contributed by atoms with Crippen molar-refractivity contribution in [1.29, 1.82) is 5.26 Å². The van der Waals surface area contributed by atoms with Crippen LogP contribution >= 0.6 is 0 Å². The summed E-state index contributed by atoms with van der Waals surface area (Å²) in [6.07, 6.45) is 3.05. The molecule has 0 unspecified atom stereocenters. The second-order valence-corrected chi connectivity index (χ2v) is 3.36. The fraction of sp³-hybridized carbons (Fsp3) is 0.0833. The van der Waals surface area contributed by atoms with Crippen molar-refractivity contribution in [1.82, 2.24) is 9.97 Å². The standard InChI is InChI=1S/C12H10N4/c1-9-3-2-4-10(7-9)16-12-11(8-13)14-5-6-15-12/h2-7H,1H3,(H,15,16). The van der Waals surface area contributed by atoms with Crippen LogP contribution in [0.4, 0.5) is 11.5 Å². The lowest BCUT2D eigenvalue weighted by Crippen LogP contribution is -1.98. The fourth-order valence-corrected chi connectivity index (χ4v) is 1.37. The minimum atomic E-state index is 0.295. The predicted octanol–water partition coefficient (Wildman–Crippen LogP) is 2.40. The van der Waals surface area contributed by atoms with Gasteiger partial charge in [-0.15, -0.1) is 0 Å². The van der Waals surface area contributed by atoms with Gasteiger partial charge in [0.25, 0.3) is 0 Å². The largest absolute Gasteiger partial charge is 0.338 e. The maximum atomic E-state index is 8.86. The number of hydrogen-bond acceptors (Lipinski definition) is 4. The van der Waals surface area contributed by atoms with Gasteiger partial charge in [0.05, 0.1) is 0 Å². The molecule has 0 aliphatic carbocycles. The highest BCUT2D eigenvalue weighted by atomic mass is 15.0. The maximum absolute atomic E-state index is 8.86. The molecule has 1 heterocycles. The highest BCUT2D eigenvalue weighted by molar-refractivity contribution is 5.60. The molecular formula is C12H10N4. The van der Waals surface area contributed by atoms with Gasteiger partial charge in [-0.25, -0.2) is 9.97 Å². The number of anilines is 2. The van der Waals surface area contributed by atoms with Crippen LogP contribution in [0, 0.1) is 18.3 Å². The number of nitrogens with one attached hydrogen (secondary N) is 1. The lowest BCUT2D eigenvalue weighted by Gasteiger charge is -2.06. The molecule has 0 fully saturated rings. The van der Waals surface area contributed by atoms with E-state index in [4.69, 9.17) is 5.26 Å². The molecule has 0 spiro atoms. The summed E-state index contributed by atoms with van der Waals surface area (Å²) in [5.41, 5.74) is 2.34. The van der Waals surface area contributed by atoms with Gasteiger partial charge in [-0.05, 0) is 24.6 Å². The summed E-state index contributed by atoms with van der Waals surface area (Å²) >= 11 is 0. The van der Waals surface area contributed by atoms with Crippen LogP contribution in [0.1, 0.15) is 11.3 Å². The van der Waals surface area contributed by atoms with Crippen molar-refractivity contribution in [2.75, 3.05) is 5.32 Å². The molecule has 0 aliphatic heterocycles. The molecule has 0 bridgehead atoms. The molecule has 0 saturated heterocycles. The Kier molecular flexibility index (Phi) is 2.79. The van der Waals surface area contributed by atoms with E-state index in [9.17, 15) is 0 Å². The number of nitrogens with zero attached hydrogens (tertiary/aromatic N) is 3. The van der Waals surface area contributed by atoms with Crippen LogP contribution in [0.2, 0.25) is 0 Å². The van der Waals surface area contributed by atoms with E-state index in [0.717, 1.165) is 11.3 Å². The van der Waals surface area contributed by atoms with Gasteiger partial charge in [0.2, 0.25) is 0 Å². The van der Waals surface area contributed by atoms with E-state index in [1.807, 2.05) is 37.3 Å². The number of nitriles is 1. The summed E-state index contributed by atoms with van der Waals surface area (Å²) in [6.45, 7) is 2.01. The summed E-state index contributed by atoms with van der Waals surface area (Å²) in [7, 11) is 0. The van der Waals surface area contributed by atoms with Crippen molar-refractivity contribution in [2.24, 2.45) is 0 Å². The molecule has 1 N–H and O–H groups in total. The Labute approximate surface area is 93.6 Å². The molecular weight excluding hydrogens is 200 g/mol. The number of aryl methyl sites for hydroxylation is 1. The summed E-state index contributed by atoms with van der Waals surface area (Å²) in [6, 6.07) is 9.85. The van der Waals surface area contributed by atoms with E-state index in [1.54, 1.807) is 6.20 Å². The predicted molar refractivity (Wildman–Crippen MR) is 61.2 cm³/mol. The van der Waals surface area contributed by atoms with E-state index in [-0.39, 0.29) is 0 Å². The molecule has 4 heteroatoms. The van der Waals surface area contributed by atoms with Crippen molar-refractivity contribution in [3.05, 3.63) is 47.9 Å². The zero-order valence-corrected chi connectivity index (χ0v) is 8.81. The highest BCUT2D eigenvalue weighted by Gasteiger charge is 2.03. The molecule has 16 heavy (non-hydrogen) atoms. The third-order valence-electron chi connectivity index (χ3n) is 2.08. The Balaban J connectivity index is 2.31. The second kappa shape index (κ2) is 4.41. The fourth-order valence-electron chi connectivity index (χ4n) is 1.37. The zero-order chi connectivity index (χ0) is 11.4. The van der Waals surface area contributed by atoms with Gasteiger partial charge in [0, 0.05) is 18.1 Å². The van der Waals surface area contributed by atoms with E-state index in [1.165, 1.54) is 6.20 Å². The van der Waals surface area contributed by atoms with E-state index in [2.05, 4.69) is 15.3 Å². The van der Waals surface area contributed by atoms with Gasteiger partial charge < -0.3 is 5.32 Å². The van der Waals surface area contributed by atoms with Gasteiger partial charge in [-0.1, -0.05) is 12.1 Å². The van der Waals surface area contributed by atoms with Crippen LogP contribution in [0.3, 0.4) is 0 Å². The Morgan fingerprint density at radius 1 is 1.25 bits per heavy atom. The van der Waals surface area contributed by atoms with Crippen LogP contribution in [-0.2, 0) is 0 Å². The summed E-state index contributed by atoms with van der Waals surface area (Å²) in [5.74, 6) is 0.482. The van der Waals surface area contributed by atoms with Gasteiger partial charge in [-0.3, -0.25) is 0 Å². The smallest absolute Gasteiger partial charge is 0.183 e. The average molecular weight is 210 g/mol. The van der Waals surface area contributed by atoms with E-state index < -0.39 is 0 Å². The molecule has 0 amide bonds. The molecule has 2 aromatic rings. The van der Waals surface area contributed by atoms with Crippen molar-refractivity contribution in [3.8, 4) is 6.07 Å². The minimum absolute atomic E-state index is 0.295. The summed E-state index contributed by atoms with van der Waals surface area (Å²) in [4.78, 5) is 8.01. The molecule has 1 aromatic heterocycles. The number of hydrogen-bond donors (Lipinski definition) is 1. The topological polar surface area (TPSA) is 61.6 Å². The number of rotatable bonds is 2. The average Bonchev–Trinajstić information content (AvgIpc) is 2.30. The first kappa shape index (κ1) is 10.1. The van der Waals surface area contributed by atoms with Crippen LogP contribution in [-0.4, -0.2) is 9.97 Å². The number of benzene rings is 1. The molecule has 4 nitrogen and oxygen atoms in total. The third kappa shape index (κ3) is 2.15. The van der Waals surface area contributed by atoms with Gasteiger partial charge in [-0.2, -0.15) is 5.26 Å². The zero-order valence-electron chi connectivity index (χ0n) is 8.81. The monoisotopic (exact) mass is 210 g/mol. The van der Waals surface area contributed by atoms with Gasteiger partial charge >= 0.3 is 0 Å². The summed E-state index contributed by atoms with van der Waals surface area (Å²) < 4.78 is 0. The van der Waals surface area contributed by atoms with Gasteiger partial charge in [0.15, 0.2) is 11.5 Å². The molecule has 0 aliphatic rings. The van der Waals surface area contributed by atoms with Crippen LogP contribution < -0.4 is 5.32 Å². The number of aromatic nitrogens is 2. The lowest BCUT2D eigenvalue weighted by atomic mass is 10.2. The molecule has 1 aromatic carbocycles. The second-order valence-electron chi connectivity index (χ2n) is 3.36. The minimum Gasteiger partial charge on any atom is -0.338 e. The maximum Gasteiger partial charge on any atom is 0.183 e. The van der Waals surface area contributed by atoms with E-state index >= 15 is 0 Å². The van der Waals surface area contributed by atoms with Crippen molar-refractivity contribution in [2.45, 2.75) is 6.92 Å². The SMILES string of the molecule is Cc1cccc(Nc2nccnc2C#N)c1. The summed E-state index contributed by atoms with van der Waals surface area (Å²) in [5, 5.41) is 11.9. The van der Waals surface area contributed by atoms with Gasteiger partial charge in [0.1, 0.15) is 6.07 Å². The van der Waals surface area contributed by atoms with Crippen LogP contribution in [0.15, 0.2) is 36.7 Å². The van der Waals surface area contributed by atoms with Crippen LogP contribution in [0.5, 0.6) is 0 Å². The first-order valence-corrected chi connectivity index (χ1v) is 4.84. The normalized spacial score (nSPS) is 9.50. The van der Waals surface area contributed by atoms with Crippen molar-refractivity contribution in [3.63, 3.8) is 0 Å². The van der Waals surface area contributed by atoms with Crippen molar-refractivity contribution < 1.29 is 0 Å². The molecule has 0 atom stereocenters. The molecule has 78 valence electrons. The molecule has 0 saturated carbocycles. The quantitative estimate of drug-likeness (QED) is 0.826.